The summed E-state index contributed by atoms with van der Waals surface area (Å²) in [5, 5.41) is 9.33. The summed E-state index contributed by atoms with van der Waals surface area (Å²) in [7, 11) is 0. The molecule has 1 aliphatic rings. The van der Waals surface area contributed by atoms with E-state index in [1.807, 2.05) is 18.3 Å². The van der Waals surface area contributed by atoms with Crippen molar-refractivity contribution in [2.75, 3.05) is 13.2 Å². The summed E-state index contributed by atoms with van der Waals surface area (Å²) in [4.78, 5) is 6.49. The maximum Gasteiger partial charge on any atom is 0.106 e. The van der Waals surface area contributed by atoms with Gasteiger partial charge >= 0.3 is 0 Å². The summed E-state index contributed by atoms with van der Waals surface area (Å²) in [5.74, 6) is 0. The van der Waals surface area contributed by atoms with Gasteiger partial charge in [-0.05, 0) is 53.0 Å². The Kier molecular flexibility index (Phi) is 4.32. The molecule has 3 nitrogen and oxygen atoms in total. The first kappa shape index (κ1) is 12.0. The maximum absolute atomic E-state index is 9.33. The molecule has 0 aromatic carbocycles. The molecule has 1 atom stereocenters. The van der Waals surface area contributed by atoms with Gasteiger partial charge in [0.2, 0.25) is 0 Å². The quantitative estimate of drug-likeness (QED) is 0.865. The SMILES string of the molecule is OCC1CCCCN1Cc1ccnc(Br)c1. The van der Waals surface area contributed by atoms with Gasteiger partial charge in [0.25, 0.3) is 0 Å². The fourth-order valence-corrected chi connectivity index (χ4v) is 2.66. The number of piperidine rings is 1. The molecule has 4 heteroatoms. The molecule has 1 fully saturated rings. The van der Waals surface area contributed by atoms with Crippen LogP contribution in [0.1, 0.15) is 24.8 Å². The van der Waals surface area contributed by atoms with Gasteiger partial charge in [-0.1, -0.05) is 6.42 Å². The Labute approximate surface area is 105 Å². The molecule has 1 N–H and O–H groups in total. The van der Waals surface area contributed by atoms with E-state index in [0.717, 1.165) is 24.1 Å². The van der Waals surface area contributed by atoms with Crippen molar-refractivity contribution >= 4 is 15.9 Å². The van der Waals surface area contributed by atoms with Crippen LogP contribution in [-0.2, 0) is 6.54 Å². The highest BCUT2D eigenvalue weighted by atomic mass is 79.9. The summed E-state index contributed by atoms with van der Waals surface area (Å²) in [6.45, 7) is 2.27. The van der Waals surface area contributed by atoms with E-state index >= 15 is 0 Å². The fraction of sp³-hybridized carbons (Fsp3) is 0.583. The minimum Gasteiger partial charge on any atom is -0.395 e. The summed E-state index contributed by atoms with van der Waals surface area (Å²) in [5.41, 5.74) is 1.25. The van der Waals surface area contributed by atoms with Crippen LogP contribution in [-0.4, -0.2) is 34.2 Å². The summed E-state index contributed by atoms with van der Waals surface area (Å²) >= 11 is 3.38. The Hall–Kier alpha value is -0.450. The first-order valence-electron chi connectivity index (χ1n) is 5.75. The highest BCUT2D eigenvalue weighted by molar-refractivity contribution is 9.10. The molecule has 1 aromatic heterocycles. The van der Waals surface area contributed by atoms with Crippen molar-refractivity contribution < 1.29 is 5.11 Å². The van der Waals surface area contributed by atoms with Gasteiger partial charge in [0.05, 0.1) is 6.61 Å². The van der Waals surface area contributed by atoms with Crippen LogP contribution in [0.25, 0.3) is 0 Å². The first-order chi connectivity index (χ1) is 7.79. The molecule has 2 rings (SSSR count). The number of likely N-dealkylation sites (tertiary alicyclic amines) is 1. The van der Waals surface area contributed by atoms with Crippen molar-refractivity contribution in [3.8, 4) is 0 Å². The van der Waals surface area contributed by atoms with Gasteiger partial charge in [-0.2, -0.15) is 0 Å². The molecule has 1 aromatic rings. The number of nitrogens with zero attached hydrogens (tertiary/aromatic N) is 2. The lowest BCUT2D eigenvalue weighted by molar-refractivity contribution is 0.0841. The molecule has 16 heavy (non-hydrogen) atoms. The maximum atomic E-state index is 9.33. The van der Waals surface area contributed by atoms with Gasteiger partial charge in [0.15, 0.2) is 0 Å². The second-order valence-corrected chi connectivity index (χ2v) is 5.10. The largest absolute Gasteiger partial charge is 0.395 e. The number of pyridine rings is 1. The van der Waals surface area contributed by atoms with Crippen molar-refractivity contribution in [1.29, 1.82) is 0 Å². The first-order valence-corrected chi connectivity index (χ1v) is 6.54. The van der Waals surface area contributed by atoms with E-state index in [1.165, 1.54) is 18.4 Å². The van der Waals surface area contributed by atoms with Gasteiger partial charge in [-0.15, -0.1) is 0 Å². The molecule has 2 heterocycles. The summed E-state index contributed by atoms with van der Waals surface area (Å²) < 4.78 is 0.877. The van der Waals surface area contributed by atoms with Crippen molar-refractivity contribution in [2.24, 2.45) is 0 Å². The number of hydrogen-bond donors (Lipinski definition) is 1. The predicted octanol–water partition coefficient (Wildman–Crippen LogP) is 2.19. The third-order valence-electron chi connectivity index (χ3n) is 3.14. The third kappa shape index (κ3) is 3.03. The van der Waals surface area contributed by atoms with Gasteiger partial charge in [-0.25, -0.2) is 4.98 Å². The van der Waals surface area contributed by atoms with Crippen molar-refractivity contribution in [2.45, 2.75) is 31.8 Å². The van der Waals surface area contributed by atoms with Gasteiger partial charge in [0, 0.05) is 18.8 Å². The van der Waals surface area contributed by atoms with Gasteiger partial charge in [-0.3, -0.25) is 4.90 Å². The van der Waals surface area contributed by atoms with Crippen LogP contribution in [0.5, 0.6) is 0 Å². The van der Waals surface area contributed by atoms with Crippen LogP contribution < -0.4 is 0 Å². The lowest BCUT2D eigenvalue weighted by atomic mass is 10.0. The Bertz CT molecular complexity index is 346. The number of aliphatic hydroxyl groups is 1. The highest BCUT2D eigenvalue weighted by Gasteiger charge is 2.21. The molecule has 0 saturated carbocycles. The van der Waals surface area contributed by atoms with Crippen molar-refractivity contribution in [1.82, 2.24) is 9.88 Å². The Morgan fingerprint density at radius 1 is 1.50 bits per heavy atom. The smallest absolute Gasteiger partial charge is 0.106 e. The molecule has 0 aliphatic carbocycles. The van der Waals surface area contributed by atoms with Crippen LogP contribution in [0.15, 0.2) is 22.9 Å². The topological polar surface area (TPSA) is 36.4 Å². The third-order valence-corrected chi connectivity index (χ3v) is 3.57. The minimum absolute atomic E-state index is 0.270. The van der Waals surface area contributed by atoms with E-state index < -0.39 is 0 Å². The Morgan fingerprint density at radius 3 is 3.12 bits per heavy atom. The molecule has 0 amide bonds. The number of aliphatic hydroxyl groups excluding tert-OH is 1. The molecule has 0 bridgehead atoms. The van der Waals surface area contributed by atoms with Crippen molar-refractivity contribution in [3.63, 3.8) is 0 Å². The van der Waals surface area contributed by atoms with Crippen LogP contribution in [0.3, 0.4) is 0 Å². The zero-order valence-corrected chi connectivity index (χ0v) is 10.9. The van der Waals surface area contributed by atoms with Gasteiger partial charge in [0.1, 0.15) is 4.60 Å². The van der Waals surface area contributed by atoms with E-state index in [1.54, 1.807) is 0 Å². The van der Waals surface area contributed by atoms with Crippen LogP contribution in [0.4, 0.5) is 0 Å². The molecule has 88 valence electrons. The number of aromatic nitrogens is 1. The van der Waals surface area contributed by atoms with Crippen LogP contribution in [0.2, 0.25) is 0 Å². The van der Waals surface area contributed by atoms with Crippen LogP contribution >= 0.6 is 15.9 Å². The normalized spacial score (nSPS) is 22.2. The fourth-order valence-electron chi connectivity index (χ4n) is 2.25. The second-order valence-electron chi connectivity index (χ2n) is 4.29. The van der Waals surface area contributed by atoms with Crippen molar-refractivity contribution in [3.05, 3.63) is 28.5 Å². The number of halogens is 1. The molecular weight excluding hydrogens is 268 g/mol. The van der Waals surface area contributed by atoms with E-state index in [-0.39, 0.29) is 6.61 Å². The second kappa shape index (κ2) is 5.75. The zero-order chi connectivity index (χ0) is 11.4. The predicted molar refractivity (Wildman–Crippen MR) is 67.1 cm³/mol. The number of rotatable bonds is 3. The molecular formula is C12H17BrN2O. The minimum atomic E-state index is 0.270. The Balaban J connectivity index is 2.02. The summed E-state index contributed by atoms with van der Waals surface area (Å²) in [6.07, 6.45) is 5.41. The summed E-state index contributed by atoms with van der Waals surface area (Å²) in [6, 6.07) is 4.41. The Morgan fingerprint density at radius 2 is 2.38 bits per heavy atom. The highest BCUT2D eigenvalue weighted by Crippen LogP contribution is 2.20. The number of hydrogen-bond acceptors (Lipinski definition) is 3. The lowest BCUT2D eigenvalue weighted by Crippen LogP contribution is -2.41. The van der Waals surface area contributed by atoms with E-state index in [0.29, 0.717) is 6.04 Å². The zero-order valence-electron chi connectivity index (χ0n) is 9.27. The van der Waals surface area contributed by atoms with Gasteiger partial charge < -0.3 is 5.11 Å². The molecule has 0 radical (unpaired) electrons. The molecule has 1 unspecified atom stereocenters. The molecule has 0 spiro atoms. The average molecular weight is 285 g/mol. The van der Waals surface area contributed by atoms with Crippen LogP contribution in [0, 0.1) is 0 Å². The van der Waals surface area contributed by atoms with E-state index in [4.69, 9.17) is 0 Å². The monoisotopic (exact) mass is 284 g/mol. The standard InChI is InChI=1S/C12H17BrN2O/c13-12-7-10(4-5-14-12)8-15-6-2-1-3-11(15)9-16/h4-5,7,11,16H,1-3,6,8-9H2. The molecule has 1 saturated heterocycles. The average Bonchev–Trinajstić information content (AvgIpc) is 2.30. The molecule has 1 aliphatic heterocycles. The van der Waals surface area contributed by atoms with E-state index in [9.17, 15) is 5.11 Å². The lowest BCUT2D eigenvalue weighted by Gasteiger charge is -2.34. The van der Waals surface area contributed by atoms with E-state index in [2.05, 4.69) is 25.8 Å².